The van der Waals surface area contributed by atoms with E-state index in [1.54, 1.807) is 24.5 Å². The van der Waals surface area contributed by atoms with Gasteiger partial charge in [-0.25, -0.2) is 5.48 Å². The van der Waals surface area contributed by atoms with E-state index < -0.39 is 0 Å². The van der Waals surface area contributed by atoms with Gasteiger partial charge in [0.25, 0.3) is 0 Å². The zero-order valence-electron chi connectivity index (χ0n) is 16.5. The van der Waals surface area contributed by atoms with Crippen molar-refractivity contribution in [3.8, 4) is 0 Å². The molecule has 1 aromatic heterocycles. The maximum atomic E-state index is 12.4. The minimum Gasteiger partial charge on any atom is -0.326 e. The predicted octanol–water partition coefficient (Wildman–Crippen LogP) is 4.13. The molecule has 1 heterocycles. The summed E-state index contributed by atoms with van der Waals surface area (Å²) in [6.45, 7) is 2.28. The molecule has 29 heavy (non-hydrogen) atoms. The van der Waals surface area contributed by atoms with Crippen molar-refractivity contribution < 1.29 is 14.4 Å². The van der Waals surface area contributed by atoms with Crippen LogP contribution in [-0.2, 0) is 21.0 Å². The SMILES string of the molecule is CC(C(=O)NOCc1ccccc1)C1CCC(C(=O)Nc2ccncc2)CC1.Cl. The van der Waals surface area contributed by atoms with Gasteiger partial charge in [0.1, 0.15) is 0 Å². The van der Waals surface area contributed by atoms with E-state index in [9.17, 15) is 9.59 Å². The van der Waals surface area contributed by atoms with Gasteiger partial charge in [0.05, 0.1) is 6.61 Å². The average molecular weight is 418 g/mol. The smallest absolute Gasteiger partial charge is 0.246 e. The number of hydroxylamine groups is 1. The van der Waals surface area contributed by atoms with Crippen LogP contribution in [0.25, 0.3) is 0 Å². The third-order valence-corrected chi connectivity index (χ3v) is 5.47. The second-order valence-electron chi connectivity index (χ2n) is 7.37. The van der Waals surface area contributed by atoms with Gasteiger partial charge in [-0.2, -0.15) is 0 Å². The van der Waals surface area contributed by atoms with E-state index in [1.165, 1.54) is 0 Å². The van der Waals surface area contributed by atoms with E-state index in [0.717, 1.165) is 36.9 Å². The summed E-state index contributed by atoms with van der Waals surface area (Å²) in [5.41, 5.74) is 4.35. The molecule has 1 unspecified atom stereocenters. The summed E-state index contributed by atoms with van der Waals surface area (Å²) in [5.74, 6) is 0.0767. The lowest BCUT2D eigenvalue weighted by atomic mass is 9.76. The molecule has 1 aromatic carbocycles. The van der Waals surface area contributed by atoms with Crippen molar-refractivity contribution in [2.24, 2.45) is 17.8 Å². The van der Waals surface area contributed by atoms with Crippen molar-refractivity contribution in [2.75, 3.05) is 5.32 Å². The fourth-order valence-corrected chi connectivity index (χ4v) is 3.63. The number of anilines is 1. The number of hydrogen-bond donors (Lipinski definition) is 2. The Morgan fingerprint density at radius 3 is 2.38 bits per heavy atom. The number of carbonyl (C=O) groups is 2. The molecule has 7 heteroatoms. The van der Waals surface area contributed by atoms with E-state index in [-0.39, 0.29) is 42.0 Å². The number of halogens is 1. The lowest BCUT2D eigenvalue weighted by Gasteiger charge is -2.31. The highest BCUT2D eigenvalue weighted by Crippen LogP contribution is 2.34. The Hall–Kier alpha value is -2.44. The number of nitrogens with one attached hydrogen (secondary N) is 2. The van der Waals surface area contributed by atoms with Crippen LogP contribution in [0.15, 0.2) is 54.9 Å². The van der Waals surface area contributed by atoms with Crippen LogP contribution in [0.1, 0.15) is 38.2 Å². The third-order valence-electron chi connectivity index (χ3n) is 5.47. The number of pyridine rings is 1. The molecule has 1 aliphatic carbocycles. The zero-order chi connectivity index (χ0) is 19.8. The molecule has 1 atom stereocenters. The van der Waals surface area contributed by atoms with E-state index in [0.29, 0.717) is 6.61 Å². The Morgan fingerprint density at radius 2 is 1.72 bits per heavy atom. The molecular weight excluding hydrogens is 390 g/mol. The summed E-state index contributed by atoms with van der Waals surface area (Å²) in [7, 11) is 0. The van der Waals surface area contributed by atoms with Gasteiger partial charge < -0.3 is 5.32 Å². The Morgan fingerprint density at radius 1 is 1.07 bits per heavy atom. The molecule has 0 aliphatic heterocycles. The molecule has 0 bridgehead atoms. The van der Waals surface area contributed by atoms with Crippen molar-refractivity contribution >= 4 is 29.9 Å². The highest BCUT2D eigenvalue weighted by molar-refractivity contribution is 5.92. The average Bonchev–Trinajstić information content (AvgIpc) is 2.74. The van der Waals surface area contributed by atoms with Crippen LogP contribution < -0.4 is 10.8 Å². The molecule has 1 saturated carbocycles. The molecule has 2 amide bonds. The molecule has 0 radical (unpaired) electrons. The van der Waals surface area contributed by atoms with Gasteiger partial charge in [-0.05, 0) is 49.3 Å². The lowest BCUT2D eigenvalue weighted by Crippen LogP contribution is -2.36. The molecule has 2 aromatic rings. The molecule has 0 spiro atoms. The minimum absolute atomic E-state index is 0. The van der Waals surface area contributed by atoms with E-state index in [4.69, 9.17) is 4.84 Å². The number of carbonyl (C=O) groups excluding carboxylic acids is 2. The van der Waals surface area contributed by atoms with Gasteiger partial charge in [-0.3, -0.25) is 19.4 Å². The van der Waals surface area contributed by atoms with Crippen LogP contribution in [0, 0.1) is 17.8 Å². The summed E-state index contributed by atoms with van der Waals surface area (Å²) in [4.78, 5) is 34.1. The van der Waals surface area contributed by atoms with Gasteiger partial charge in [-0.1, -0.05) is 37.3 Å². The molecule has 2 N–H and O–H groups in total. The predicted molar refractivity (Wildman–Crippen MR) is 114 cm³/mol. The lowest BCUT2D eigenvalue weighted by molar-refractivity contribution is -0.140. The standard InChI is InChI=1S/C22H27N3O3.ClH/c1-16(21(26)25-28-15-17-5-3-2-4-6-17)18-7-9-19(10-8-18)22(27)24-20-11-13-23-14-12-20;/h2-6,11-14,16,18-19H,7-10,15H2,1H3,(H,25,26)(H,23,24,27);1H. The molecule has 6 nitrogen and oxygen atoms in total. The zero-order valence-corrected chi connectivity index (χ0v) is 17.4. The number of aromatic nitrogens is 1. The van der Waals surface area contributed by atoms with Gasteiger partial charge in [0.2, 0.25) is 11.8 Å². The van der Waals surface area contributed by atoms with E-state index in [2.05, 4.69) is 15.8 Å². The van der Waals surface area contributed by atoms with Crippen LogP contribution >= 0.6 is 12.4 Å². The Labute approximate surface area is 177 Å². The van der Waals surface area contributed by atoms with Crippen LogP contribution in [0.2, 0.25) is 0 Å². The molecule has 3 rings (SSSR count). The summed E-state index contributed by atoms with van der Waals surface area (Å²) in [6.07, 6.45) is 6.64. The third kappa shape index (κ3) is 6.84. The van der Waals surface area contributed by atoms with Crippen LogP contribution in [0.3, 0.4) is 0 Å². The first kappa shape index (κ1) is 22.8. The van der Waals surface area contributed by atoms with Gasteiger partial charge in [0, 0.05) is 29.9 Å². The monoisotopic (exact) mass is 417 g/mol. The molecule has 1 aliphatic rings. The summed E-state index contributed by atoms with van der Waals surface area (Å²) in [5, 5.41) is 2.94. The second-order valence-corrected chi connectivity index (χ2v) is 7.37. The first-order valence-electron chi connectivity index (χ1n) is 9.80. The molecule has 156 valence electrons. The summed E-state index contributed by atoms with van der Waals surface area (Å²) < 4.78 is 0. The number of amides is 2. The maximum absolute atomic E-state index is 12.4. The van der Waals surface area contributed by atoms with Gasteiger partial charge >= 0.3 is 0 Å². The van der Waals surface area contributed by atoms with Gasteiger partial charge in [0.15, 0.2) is 0 Å². The second kappa shape index (κ2) is 11.5. The number of rotatable bonds is 7. The number of nitrogens with zero attached hydrogens (tertiary/aromatic N) is 1. The molecular formula is C22H28ClN3O3. The van der Waals surface area contributed by atoms with E-state index >= 15 is 0 Å². The number of benzene rings is 1. The van der Waals surface area contributed by atoms with Crippen molar-refractivity contribution in [2.45, 2.75) is 39.2 Å². The fraction of sp³-hybridized carbons (Fsp3) is 0.409. The highest BCUT2D eigenvalue weighted by Gasteiger charge is 2.31. The van der Waals surface area contributed by atoms with Crippen molar-refractivity contribution in [1.29, 1.82) is 0 Å². The molecule has 1 fully saturated rings. The summed E-state index contributed by atoms with van der Waals surface area (Å²) in [6, 6.07) is 13.3. The first-order chi connectivity index (χ1) is 13.6. The topological polar surface area (TPSA) is 80.3 Å². The van der Waals surface area contributed by atoms with Gasteiger partial charge in [-0.15, -0.1) is 12.4 Å². The van der Waals surface area contributed by atoms with Crippen LogP contribution in [-0.4, -0.2) is 16.8 Å². The van der Waals surface area contributed by atoms with Crippen LogP contribution in [0.5, 0.6) is 0 Å². The fourth-order valence-electron chi connectivity index (χ4n) is 3.63. The van der Waals surface area contributed by atoms with Crippen molar-refractivity contribution in [3.63, 3.8) is 0 Å². The largest absolute Gasteiger partial charge is 0.326 e. The van der Waals surface area contributed by atoms with Crippen LogP contribution in [0.4, 0.5) is 5.69 Å². The Bertz CT molecular complexity index is 765. The first-order valence-corrected chi connectivity index (χ1v) is 9.80. The Balaban J connectivity index is 0.00000300. The maximum Gasteiger partial charge on any atom is 0.246 e. The quantitative estimate of drug-likeness (QED) is 0.663. The highest BCUT2D eigenvalue weighted by atomic mass is 35.5. The summed E-state index contributed by atoms with van der Waals surface area (Å²) >= 11 is 0. The van der Waals surface area contributed by atoms with Crippen molar-refractivity contribution in [1.82, 2.24) is 10.5 Å². The normalized spacial score (nSPS) is 19.5. The number of hydrogen-bond acceptors (Lipinski definition) is 4. The Kier molecular flexibility index (Phi) is 9.09. The molecule has 0 saturated heterocycles. The minimum atomic E-state index is -0.139. The van der Waals surface area contributed by atoms with Crippen molar-refractivity contribution in [3.05, 3.63) is 60.4 Å². The van der Waals surface area contributed by atoms with E-state index in [1.807, 2.05) is 37.3 Å².